The number of likely N-dealkylation sites (tertiary alicyclic amines) is 1. The molecule has 0 aromatic heterocycles. The molecule has 2 aliphatic heterocycles. The normalized spacial score (nSPS) is 16.3. The van der Waals surface area contributed by atoms with Gasteiger partial charge in [-0.25, -0.2) is 4.79 Å². The van der Waals surface area contributed by atoms with Crippen molar-refractivity contribution in [1.29, 1.82) is 5.26 Å². The number of amides is 2. The van der Waals surface area contributed by atoms with E-state index in [-0.39, 0.29) is 6.09 Å². The molecule has 0 spiro atoms. The fourth-order valence-corrected chi connectivity index (χ4v) is 4.69. The number of ether oxygens (including phenoxy) is 2. The summed E-state index contributed by atoms with van der Waals surface area (Å²) in [5, 5.41) is 9.71. The van der Waals surface area contributed by atoms with Crippen LogP contribution in [0.4, 0.5) is 4.79 Å². The van der Waals surface area contributed by atoms with Crippen molar-refractivity contribution >= 4 is 12.0 Å². The van der Waals surface area contributed by atoms with Crippen LogP contribution in [-0.2, 0) is 24.4 Å². The Bertz CT molecular complexity index is 1170. The van der Waals surface area contributed by atoms with Crippen LogP contribution >= 0.6 is 0 Å². The number of nitrogens with two attached hydrogens (primary N) is 1. The van der Waals surface area contributed by atoms with Crippen LogP contribution in [0.15, 0.2) is 36.4 Å². The van der Waals surface area contributed by atoms with Crippen molar-refractivity contribution in [3.05, 3.63) is 64.2 Å². The van der Waals surface area contributed by atoms with Crippen molar-refractivity contribution < 1.29 is 19.1 Å². The summed E-state index contributed by atoms with van der Waals surface area (Å²) >= 11 is 0. The molecule has 2 heterocycles. The highest BCUT2D eigenvalue weighted by Gasteiger charge is 2.27. The molecule has 0 atom stereocenters. The molecule has 4 rings (SSSR count). The molecule has 36 heavy (non-hydrogen) atoms. The molecule has 8 nitrogen and oxygen atoms in total. The molecule has 1 saturated heterocycles. The average molecular weight is 491 g/mol. The zero-order valence-electron chi connectivity index (χ0n) is 21.3. The van der Waals surface area contributed by atoms with Crippen molar-refractivity contribution in [2.75, 3.05) is 19.7 Å². The summed E-state index contributed by atoms with van der Waals surface area (Å²) < 4.78 is 11.5. The van der Waals surface area contributed by atoms with Gasteiger partial charge in [-0.3, -0.25) is 9.69 Å². The molecular formula is C28H34N4O4. The number of fused-ring (bicyclic) bond motifs is 1. The van der Waals surface area contributed by atoms with Crippen molar-refractivity contribution in [3.63, 3.8) is 0 Å². The standard InChI is InChI=1S/C28H34N4O4/c1-28(2,3)36-27(34)32-10-8-19(9-11-32)18-35-25-7-4-20(12-23(25)14-29)15-31-16-22-6-5-21(26(30)33)13-24(22)17-31/h4-7,12-13,19H,8-11,15-18H2,1-3H3,(H2,30,33). The summed E-state index contributed by atoms with van der Waals surface area (Å²) in [7, 11) is 0. The van der Waals surface area contributed by atoms with Crippen LogP contribution in [0.1, 0.15) is 66.2 Å². The molecule has 0 radical (unpaired) electrons. The fourth-order valence-electron chi connectivity index (χ4n) is 4.69. The smallest absolute Gasteiger partial charge is 0.410 e. The first kappa shape index (κ1) is 25.5. The Hall–Kier alpha value is -3.57. The largest absolute Gasteiger partial charge is 0.492 e. The van der Waals surface area contributed by atoms with Crippen LogP contribution in [0.2, 0.25) is 0 Å². The van der Waals surface area contributed by atoms with Gasteiger partial charge in [-0.15, -0.1) is 0 Å². The lowest BCUT2D eigenvalue weighted by atomic mass is 9.98. The zero-order valence-corrected chi connectivity index (χ0v) is 21.3. The fraction of sp³-hybridized carbons (Fsp3) is 0.464. The zero-order chi connectivity index (χ0) is 25.9. The molecule has 2 aromatic carbocycles. The third-order valence-corrected chi connectivity index (χ3v) is 6.59. The van der Waals surface area contributed by atoms with Crippen LogP contribution in [0, 0.1) is 17.2 Å². The van der Waals surface area contributed by atoms with E-state index < -0.39 is 11.5 Å². The third kappa shape index (κ3) is 6.35. The Morgan fingerprint density at radius 3 is 2.47 bits per heavy atom. The molecule has 0 saturated carbocycles. The van der Waals surface area contributed by atoms with Crippen LogP contribution < -0.4 is 10.5 Å². The number of carbonyl (C=O) groups is 2. The summed E-state index contributed by atoms with van der Waals surface area (Å²) in [6.45, 7) is 9.63. The average Bonchev–Trinajstić information content (AvgIpc) is 3.23. The summed E-state index contributed by atoms with van der Waals surface area (Å²) in [6.07, 6.45) is 1.41. The van der Waals surface area contributed by atoms with E-state index in [2.05, 4.69) is 11.0 Å². The highest BCUT2D eigenvalue weighted by Crippen LogP contribution is 2.28. The van der Waals surface area contributed by atoms with E-state index in [0.717, 1.165) is 37.1 Å². The number of rotatable bonds is 6. The molecule has 0 bridgehead atoms. The molecule has 190 valence electrons. The molecule has 0 aliphatic carbocycles. The number of primary amides is 1. The molecule has 0 unspecified atom stereocenters. The number of carbonyl (C=O) groups excluding carboxylic acids is 2. The second kappa shape index (κ2) is 10.6. The minimum atomic E-state index is -0.496. The lowest BCUT2D eigenvalue weighted by molar-refractivity contribution is 0.0165. The highest BCUT2D eigenvalue weighted by atomic mass is 16.6. The van der Waals surface area contributed by atoms with E-state index in [0.29, 0.717) is 49.0 Å². The van der Waals surface area contributed by atoms with E-state index >= 15 is 0 Å². The Kier molecular flexibility index (Phi) is 7.51. The number of nitriles is 1. The van der Waals surface area contributed by atoms with E-state index in [9.17, 15) is 14.9 Å². The van der Waals surface area contributed by atoms with Gasteiger partial charge in [0.05, 0.1) is 12.2 Å². The number of hydrogen-bond acceptors (Lipinski definition) is 6. The summed E-state index contributed by atoms with van der Waals surface area (Å²) in [6, 6.07) is 13.6. The first-order valence-corrected chi connectivity index (χ1v) is 12.4. The van der Waals surface area contributed by atoms with Crippen molar-refractivity contribution in [2.45, 2.75) is 58.8 Å². The van der Waals surface area contributed by atoms with Crippen molar-refractivity contribution in [3.8, 4) is 11.8 Å². The van der Waals surface area contributed by atoms with E-state index in [1.165, 1.54) is 5.56 Å². The lowest BCUT2D eigenvalue weighted by Crippen LogP contribution is -2.42. The van der Waals surface area contributed by atoms with Gasteiger partial charge >= 0.3 is 6.09 Å². The topological polar surface area (TPSA) is 109 Å². The van der Waals surface area contributed by atoms with Gasteiger partial charge in [0, 0.05) is 38.3 Å². The predicted molar refractivity (Wildman–Crippen MR) is 135 cm³/mol. The first-order chi connectivity index (χ1) is 17.1. The molecule has 2 amide bonds. The molecule has 2 aromatic rings. The number of nitrogens with zero attached hydrogens (tertiary/aromatic N) is 3. The van der Waals surface area contributed by atoms with Gasteiger partial charge in [0.25, 0.3) is 0 Å². The monoisotopic (exact) mass is 490 g/mol. The number of hydrogen-bond donors (Lipinski definition) is 1. The SMILES string of the molecule is CC(C)(C)OC(=O)N1CCC(COc2ccc(CN3Cc4ccc(C(N)=O)cc4C3)cc2C#N)CC1. The Labute approximate surface area is 212 Å². The van der Waals surface area contributed by atoms with Gasteiger partial charge in [0.15, 0.2) is 0 Å². The van der Waals surface area contributed by atoms with Crippen LogP contribution in [0.5, 0.6) is 5.75 Å². The summed E-state index contributed by atoms with van der Waals surface area (Å²) in [4.78, 5) is 27.7. The maximum Gasteiger partial charge on any atom is 0.410 e. The Morgan fingerprint density at radius 2 is 1.81 bits per heavy atom. The van der Waals surface area contributed by atoms with Gasteiger partial charge < -0.3 is 20.1 Å². The molecular weight excluding hydrogens is 456 g/mol. The van der Waals surface area contributed by atoms with E-state index in [4.69, 9.17) is 15.2 Å². The van der Waals surface area contributed by atoms with Gasteiger partial charge in [0.1, 0.15) is 17.4 Å². The Balaban J connectivity index is 1.29. The van der Waals surface area contributed by atoms with Gasteiger partial charge in [-0.1, -0.05) is 12.1 Å². The van der Waals surface area contributed by atoms with Crippen molar-refractivity contribution in [1.82, 2.24) is 9.80 Å². The highest BCUT2D eigenvalue weighted by molar-refractivity contribution is 5.93. The van der Waals surface area contributed by atoms with Gasteiger partial charge in [-0.05, 0) is 80.5 Å². The van der Waals surface area contributed by atoms with E-state index in [1.54, 1.807) is 11.0 Å². The summed E-state index contributed by atoms with van der Waals surface area (Å²) in [5.41, 5.74) is 9.30. The van der Waals surface area contributed by atoms with Gasteiger partial charge in [-0.2, -0.15) is 5.26 Å². The molecule has 2 N–H and O–H groups in total. The first-order valence-electron chi connectivity index (χ1n) is 12.4. The molecule has 2 aliphatic rings. The van der Waals surface area contributed by atoms with Crippen LogP contribution in [0.3, 0.4) is 0 Å². The Morgan fingerprint density at radius 1 is 1.08 bits per heavy atom. The predicted octanol–water partition coefficient (Wildman–Crippen LogP) is 4.20. The minimum Gasteiger partial charge on any atom is -0.492 e. The minimum absolute atomic E-state index is 0.265. The molecule has 1 fully saturated rings. The quantitative estimate of drug-likeness (QED) is 0.650. The lowest BCUT2D eigenvalue weighted by Gasteiger charge is -2.33. The number of piperidine rings is 1. The van der Waals surface area contributed by atoms with E-state index in [1.807, 2.05) is 51.1 Å². The second-order valence-corrected chi connectivity index (χ2v) is 10.7. The van der Waals surface area contributed by atoms with Gasteiger partial charge in [0.2, 0.25) is 5.91 Å². The maximum atomic E-state index is 12.3. The second-order valence-electron chi connectivity index (χ2n) is 10.7. The molecule has 8 heteroatoms. The summed E-state index contributed by atoms with van der Waals surface area (Å²) in [5.74, 6) is 0.494. The van der Waals surface area contributed by atoms with Crippen molar-refractivity contribution in [2.24, 2.45) is 11.7 Å². The third-order valence-electron chi connectivity index (χ3n) is 6.59. The van der Waals surface area contributed by atoms with Crippen LogP contribution in [-0.4, -0.2) is 47.1 Å². The van der Waals surface area contributed by atoms with Crippen LogP contribution in [0.25, 0.3) is 0 Å². The maximum absolute atomic E-state index is 12.3. The number of benzene rings is 2.